The van der Waals surface area contributed by atoms with Crippen molar-refractivity contribution in [3.8, 4) is 28.1 Å². The Kier molecular flexibility index (Phi) is 8.04. The summed E-state index contributed by atoms with van der Waals surface area (Å²) in [6.45, 7) is 0. The summed E-state index contributed by atoms with van der Waals surface area (Å²) in [5.41, 5.74) is 11.5. The van der Waals surface area contributed by atoms with E-state index in [9.17, 15) is 0 Å². The Hall–Kier alpha value is -6.25. The van der Waals surface area contributed by atoms with Gasteiger partial charge in [0.2, 0.25) is 0 Å². The van der Waals surface area contributed by atoms with E-state index < -0.39 is 0 Å². The van der Waals surface area contributed by atoms with Crippen LogP contribution in [0.25, 0.3) is 61.5 Å². The second-order valence-corrected chi connectivity index (χ2v) is 12.0. The SMILES string of the molecule is C(=C\c1ccccc1)/C(=C\Cc1ccccc1)c1cccc(-n2c3ccc(-c4ccccc4)cc3c3cc(-c4ccccc4)ccc32)n1. The summed E-state index contributed by atoms with van der Waals surface area (Å²) in [7, 11) is 0. The Balaban J connectivity index is 1.29. The van der Waals surface area contributed by atoms with E-state index in [4.69, 9.17) is 4.98 Å². The van der Waals surface area contributed by atoms with Crippen LogP contribution in [0.15, 0.2) is 188 Å². The van der Waals surface area contributed by atoms with E-state index in [1.165, 1.54) is 38.6 Å². The van der Waals surface area contributed by atoms with Gasteiger partial charge in [-0.2, -0.15) is 0 Å². The van der Waals surface area contributed by atoms with E-state index in [0.717, 1.165) is 40.1 Å². The molecule has 0 fully saturated rings. The van der Waals surface area contributed by atoms with Gasteiger partial charge in [-0.25, -0.2) is 4.98 Å². The number of hydrogen-bond acceptors (Lipinski definition) is 1. The molecule has 2 heterocycles. The number of aromatic nitrogens is 2. The Labute approximate surface area is 281 Å². The molecule has 0 aliphatic heterocycles. The molecule has 0 atom stereocenters. The van der Waals surface area contributed by atoms with Crippen LogP contribution in [0.3, 0.4) is 0 Å². The lowest BCUT2D eigenvalue weighted by molar-refractivity contribution is 1.07. The standard InChI is InChI=1S/C46H34N2/c1-5-14-34(15-6-1)24-26-38(27-25-35-16-7-2-8-17-35)43-22-13-23-46(47-43)48-44-30-28-39(36-18-9-3-10-19-36)32-41(44)42-33-40(29-31-45(42)48)37-20-11-4-12-21-37/h1-24,26-33H,25H2/b26-24+,38-27+. The minimum Gasteiger partial charge on any atom is -0.294 e. The lowest BCUT2D eigenvalue weighted by atomic mass is 10.0. The van der Waals surface area contributed by atoms with Gasteiger partial charge in [0.25, 0.3) is 0 Å². The lowest BCUT2D eigenvalue weighted by Gasteiger charge is -2.11. The quantitative estimate of drug-likeness (QED) is 0.156. The molecule has 0 aliphatic rings. The maximum Gasteiger partial charge on any atom is 0.138 e. The van der Waals surface area contributed by atoms with Gasteiger partial charge in [0, 0.05) is 10.8 Å². The van der Waals surface area contributed by atoms with Crippen molar-refractivity contribution in [1.29, 1.82) is 0 Å². The highest BCUT2D eigenvalue weighted by Crippen LogP contribution is 2.37. The lowest BCUT2D eigenvalue weighted by Crippen LogP contribution is -2.00. The molecule has 0 saturated heterocycles. The molecule has 2 nitrogen and oxygen atoms in total. The predicted octanol–water partition coefficient (Wildman–Crippen LogP) is 11.9. The highest BCUT2D eigenvalue weighted by atomic mass is 15.1. The van der Waals surface area contributed by atoms with Gasteiger partial charge in [0.05, 0.1) is 16.7 Å². The van der Waals surface area contributed by atoms with Crippen LogP contribution in [0.5, 0.6) is 0 Å². The molecule has 0 N–H and O–H groups in total. The highest BCUT2D eigenvalue weighted by Gasteiger charge is 2.16. The molecule has 0 unspecified atom stereocenters. The first-order valence-corrected chi connectivity index (χ1v) is 16.4. The van der Waals surface area contributed by atoms with Crippen LogP contribution in [-0.2, 0) is 6.42 Å². The number of allylic oxidation sites excluding steroid dienone is 3. The summed E-state index contributed by atoms with van der Waals surface area (Å²) in [6, 6.07) is 62.2. The summed E-state index contributed by atoms with van der Waals surface area (Å²) in [5.74, 6) is 0.895. The molecule has 6 aromatic carbocycles. The van der Waals surface area contributed by atoms with Crippen molar-refractivity contribution in [2.24, 2.45) is 0 Å². The van der Waals surface area contributed by atoms with Crippen LogP contribution < -0.4 is 0 Å². The fourth-order valence-corrected chi connectivity index (χ4v) is 6.45. The second-order valence-electron chi connectivity index (χ2n) is 12.0. The molecule has 0 bridgehead atoms. The van der Waals surface area contributed by atoms with E-state index in [1.807, 2.05) is 6.07 Å². The van der Waals surface area contributed by atoms with E-state index in [-0.39, 0.29) is 0 Å². The molecular weight excluding hydrogens is 581 g/mol. The first-order valence-electron chi connectivity index (χ1n) is 16.4. The second kappa shape index (κ2) is 13.2. The number of benzene rings is 6. The molecule has 0 saturated carbocycles. The zero-order valence-corrected chi connectivity index (χ0v) is 26.6. The average molecular weight is 615 g/mol. The summed E-state index contributed by atoms with van der Waals surface area (Å²) in [4.78, 5) is 5.34. The molecule has 0 radical (unpaired) electrons. The number of pyridine rings is 1. The van der Waals surface area contributed by atoms with Gasteiger partial charge in [-0.3, -0.25) is 4.57 Å². The molecule has 0 aliphatic carbocycles. The van der Waals surface area contributed by atoms with Crippen molar-refractivity contribution < 1.29 is 0 Å². The first kappa shape index (κ1) is 29.2. The van der Waals surface area contributed by atoms with Crippen molar-refractivity contribution in [3.63, 3.8) is 0 Å². The third kappa shape index (κ3) is 6.00. The van der Waals surface area contributed by atoms with Crippen molar-refractivity contribution in [2.75, 3.05) is 0 Å². The Morgan fingerprint density at radius 2 is 1.04 bits per heavy atom. The molecule has 48 heavy (non-hydrogen) atoms. The molecule has 228 valence electrons. The van der Waals surface area contributed by atoms with Crippen LogP contribution in [0, 0.1) is 0 Å². The molecule has 0 amide bonds. The van der Waals surface area contributed by atoms with Gasteiger partial charge in [0.1, 0.15) is 5.82 Å². The van der Waals surface area contributed by atoms with Gasteiger partial charge in [-0.15, -0.1) is 0 Å². The molecule has 2 heteroatoms. The molecule has 0 spiro atoms. The number of hydrogen-bond donors (Lipinski definition) is 0. The van der Waals surface area contributed by atoms with Crippen LogP contribution in [0.1, 0.15) is 16.8 Å². The zero-order valence-electron chi connectivity index (χ0n) is 26.6. The average Bonchev–Trinajstić information content (AvgIpc) is 3.49. The smallest absolute Gasteiger partial charge is 0.138 e. The number of fused-ring (bicyclic) bond motifs is 3. The minimum absolute atomic E-state index is 0.821. The van der Waals surface area contributed by atoms with Gasteiger partial charge >= 0.3 is 0 Å². The molecule has 8 aromatic rings. The summed E-state index contributed by atoms with van der Waals surface area (Å²) < 4.78 is 2.31. The van der Waals surface area contributed by atoms with Crippen LogP contribution >= 0.6 is 0 Å². The third-order valence-electron chi connectivity index (χ3n) is 8.89. The van der Waals surface area contributed by atoms with E-state index >= 15 is 0 Å². The van der Waals surface area contributed by atoms with E-state index in [2.05, 4.69) is 193 Å². The maximum atomic E-state index is 5.34. The normalized spacial score (nSPS) is 11.9. The van der Waals surface area contributed by atoms with Gasteiger partial charge in [-0.05, 0) is 81.8 Å². The van der Waals surface area contributed by atoms with Crippen LogP contribution in [-0.4, -0.2) is 9.55 Å². The maximum absolute atomic E-state index is 5.34. The fraction of sp³-hybridized carbons (Fsp3) is 0.0217. The number of nitrogens with zero attached hydrogens (tertiary/aromatic N) is 2. The summed E-state index contributed by atoms with van der Waals surface area (Å²) in [5, 5.41) is 2.42. The van der Waals surface area contributed by atoms with Gasteiger partial charge in [-0.1, -0.05) is 158 Å². The number of rotatable bonds is 8. The van der Waals surface area contributed by atoms with Crippen molar-refractivity contribution in [2.45, 2.75) is 6.42 Å². The molecule has 2 aromatic heterocycles. The van der Waals surface area contributed by atoms with Crippen molar-refractivity contribution in [1.82, 2.24) is 9.55 Å². The van der Waals surface area contributed by atoms with Crippen molar-refractivity contribution >= 4 is 33.5 Å². The Bertz CT molecular complexity index is 2290. The summed E-state index contributed by atoms with van der Waals surface area (Å²) in [6.07, 6.45) is 7.46. The topological polar surface area (TPSA) is 17.8 Å². The first-order chi connectivity index (χ1) is 23.8. The Morgan fingerprint density at radius 3 is 1.62 bits per heavy atom. The van der Waals surface area contributed by atoms with Crippen LogP contribution in [0.4, 0.5) is 0 Å². The summed E-state index contributed by atoms with van der Waals surface area (Å²) >= 11 is 0. The van der Waals surface area contributed by atoms with E-state index in [0.29, 0.717) is 0 Å². The highest BCUT2D eigenvalue weighted by molar-refractivity contribution is 6.11. The van der Waals surface area contributed by atoms with Crippen LogP contribution in [0.2, 0.25) is 0 Å². The minimum atomic E-state index is 0.821. The van der Waals surface area contributed by atoms with Gasteiger partial charge in [0.15, 0.2) is 0 Å². The van der Waals surface area contributed by atoms with Gasteiger partial charge < -0.3 is 0 Å². The largest absolute Gasteiger partial charge is 0.294 e. The fourth-order valence-electron chi connectivity index (χ4n) is 6.45. The third-order valence-corrected chi connectivity index (χ3v) is 8.89. The monoisotopic (exact) mass is 614 g/mol. The molecular formula is C46H34N2. The van der Waals surface area contributed by atoms with E-state index in [1.54, 1.807) is 0 Å². The van der Waals surface area contributed by atoms with Crippen molar-refractivity contribution in [3.05, 3.63) is 205 Å². The Morgan fingerprint density at radius 1 is 0.500 bits per heavy atom. The zero-order chi connectivity index (χ0) is 32.1. The molecule has 8 rings (SSSR count). The predicted molar refractivity (Wildman–Crippen MR) is 203 cm³/mol.